The van der Waals surface area contributed by atoms with E-state index in [0.717, 1.165) is 28.3 Å². The smallest absolute Gasteiger partial charge is 0.238 e. The summed E-state index contributed by atoms with van der Waals surface area (Å²) in [6.07, 6.45) is 0.604. The van der Waals surface area contributed by atoms with Gasteiger partial charge < -0.3 is 14.2 Å². The van der Waals surface area contributed by atoms with Crippen molar-refractivity contribution in [2.24, 2.45) is 10.2 Å². The molecule has 3 aromatic carbocycles. The summed E-state index contributed by atoms with van der Waals surface area (Å²) in [5.74, 6) is 2.17. The topological polar surface area (TPSA) is 103 Å². The van der Waals surface area contributed by atoms with Crippen molar-refractivity contribution in [2.75, 3.05) is 26.3 Å². The number of nitrogens with zero attached hydrogens (tertiary/aromatic N) is 2. The van der Waals surface area contributed by atoms with E-state index in [9.17, 15) is 8.42 Å². The molecule has 172 valence electrons. The molecule has 1 aliphatic heterocycles. The molecule has 0 aromatic heterocycles. The van der Waals surface area contributed by atoms with E-state index < -0.39 is 10.0 Å². The first-order chi connectivity index (χ1) is 15.8. The van der Waals surface area contributed by atoms with E-state index in [2.05, 4.69) is 0 Å². The molecule has 1 unspecified atom stereocenters. The fourth-order valence-corrected chi connectivity index (χ4v) is 4.35. The normalized spacial score (nSPS) is 15.8. The van der Waals surface area contributed by atoms with E-state index in [1.54, 1.807) is 33.5 Å². The first-order valence-electron chi connectivity index (χ1n) is 10.2. The number of anilines is 1. The van der Waals surface area contributed by atoms with Crippen LogP contribution in [0, 0.1) is 0 Å². The van der Waals surface area contributed by atoms with Gasteiger partial charge in [0.15, 0.2) is 0 Å². The molecular weight excluding hydrogens is 442 g/mol. The maximum Gasteiger partial charge on any atom is 0.238 e. The Labute approximate surface area is 193 Å². The van der Waals surface area contributed by atoms with Crippen LogP contribution in [0.5, 0.6) is 17.2 Å². The van der Waals surface area contributed by atoms with E-state index in [1.807, 2.05) is 47.5 Å². The zero-order valence-corrected chi connectivity index (χ0v) is 19.4. The first-order valence-corrected chi connectivity index (χ1v) is 11.7. The van der Waals surface area contributed by atoms with Crippen LogP contribution >= 0.6 is 0 Å². The molecule has 0 saturated heterocycles. The number of hydrogen-bond acceptors (Lipinski definition) is 7. The molecule has 0 spiro atoms. The minimum Gasteiger partial charge on any atom is -0.497 e. The number of benzene rings is 3. The Hall–Kier alpha value is -3.56. The Morgan fingerprint density at radius 1 is 0.879 bits per heavy atom. The lowest BCUT2D eigenvalue weighted by molar-refractivity contribution is 0.395. The Balaban J connectivity index is 1.79. The van der Waals surface area contributed by atoms with Crippen molar-refractivity contribution in [1.29, 1.82) is 0 Å². The lowest BCUT2D eigenvalue weighted by atomic mass is 9.97. The maximum absolute atomic E-state index is 11.7. The quantitative estimate of drug-likeness (QED) is 0.568. The zero-order chi connectivity index (χ0) is 23.6. The average Bonchev–Trinajstić information content (AvgIpc) is 3.28. The molecule has 0 saturated carbocycles. The molecule has 1 atom stereocenters. The highest BCUT2D eigenvalue weighted by Gasteiger charge is 2.32. The zero-order valence-electron chi connectivity index (χ0n) is 18.6. The Bertz CT molecular complexity index is 1270. The molecule has 3 aromatic rings. The fourth-order valence-electron chi connectivity index (χ4n) is 3.84. The second-order valence-electron chi connectivity index (χ2n) is 7.49. The highest BCUT2D eigenvalue weighted by molar-refractivity contribution is 7.89. The number of rotatable bonds is 7. The lowest BCUT2D eigenvalue weighted by Gasteiger charge is -2.26. The van der Waals surface area contributed by atoms with Crippen LogP contribution in [-0.4, -0.2) is 35.5 Å². The minimum absolute atomic E-state index is 0.0420. The van der Waals surface area contributed by atoms with Crippen LogP contribution in [-0.2, 0) is 10.0 Å². The summed E-state index contributed by atoms with van der Waals surface area (Å²) in [4.78, 5) is 0.0420. The summed E-state index contributed by atoms with van der Waals surface area (Å²) in [7, 11) is 1.07. The van der Waals surface area contributed by atoms with Crippen molar-refractivity contribution < 1.29 is 22.6 Å². The molecule has 0 radical (unpaired) electrons. The standard InChI is InChI=1S/C24H25N3O5S/c1-30-18-8-4-16(5-9-18)22-15-23(21-14-19(31-2)10-13-24(21)32-3)27(26-22)17-6-11-20(12-7-17)33(25,28)29/h4-14,23H,15H2,1-3H3,(H2,25,28,29). The van der Waals surface area contributed by atoms with Crippen LogP contribution in [0.15, 0.2) is 76.7 Å². The highest BCUT2D eigenvalue weighted by atomic mass is 32.2. The Morgan fingerprint density at radius 2 is 1.52 bits per heavy atom. The van der Waals surface area contributed by atoms with Gasteiger partial charge in [-0.25, -0.2) is 13.6 Å². The number of hydrogen-bond donors (Lipinski definition) is 1. The summed E-state index contributed by atoms with van der Waals surface area (Å²) >= 11 is 0. The molecule has 33 heavy (non-hydrogen) atoms. The van der Waals surface area contributed by atoms with Gasteiger partial charge >= 0.3 is 0 Å². The monoisotopic (exact) mass is 467 g/mol. The molecule has 2 N–H and O–H groups in total. The molecule has 0 aliphatic carbocycles. The van der Waals surface area contributed by atoms with E-state index in [-0.39, 0.29) is 10.9 Å². The van der Waals surface area contributed by atoms with Crippen LogP contribution in [0.4, 0.5) is 5.69 Å². The molecular formula is C24H25N3O5S. The molecule has 1 aliphatic rings. The first kappa shape index (κ1) is 22.6. The third-order valence-electron chi connectivity index (χ3n) is 5.56. The van der Waals surface area contributed by atoms with Crippen molar-refractivity contribution in [3.8, 4) is 17.2 Å². The van der Waals surface area contributed by atoms with Crippen LogP contribution in [0.2, 0.25) is 0 Å². The Kier molecular flexibility index (Phi) is 6.26. The van der Waals surface area contributed by atoms with Crippen LogP contribution < -0.4 is 24.4 Å². The average molecular weight is 468 g/mol. The summed E-state index contributed by atoms with van der Waals surface area (Å²) in [6.45, 7) is 0. The van der Waals surface area contributed by atoms with Crippen LogP contribution in [0.25, 0.3) is 0 Å². The number of ether oxygens (including phenoxy) is 3. The van der Waals surface area contributed by atoms with Gasteiger partial charge in [0.1, 0.15) is 17.2 Å². The molecule has 8 nitrogen and oxygen atoms in total. The number of primary sulfonamides is 1. The number of nitrogens with two attached hydrogens (primary N) is 1. The van der Waals surface area contributed by atoms with Crippen LogP contribution in [0.1, 0.15) is 23.6 Å². The van der Waals surface area contributed by atoms with Gasteiger partial charge in [0, 0.05) is 12.0 Å². The Morgan fingerprint density at radius 3 is 2.09 bits per heavy atom. The van der Waals surface area contributed by atoms with Gasteiger partial charge in [-0.2, -0.15) is 5.10 Å². The number of hydrazone groups is 1. The van der Waals surface area contributed by atoms with Gasteiger partial charge in [-0.1, -0.05) is 0 Å². The van der Waals surface area contributed by atoms with Gasteiger partial charge in [0.2, 0.25) is 10.0 Å². The predicted molar refractivity (Wildman–Crippen MR) is 127 cm³/mol. The molecule has 0 bridgehead atoms. The number of methoxy groups -OCH3 is 3. The second-order valence-corrected chi connectivity index (χ2v) is 9.05. The third-order valence-corrected chi connectivity index (χ3v) is 6.49. The van der Waals surface area contributed by atoms with Crippen molar-refractivity contribution in [2.45, 2.75) is 17.4 Å². The summed E-state index contributed by atoms with van der Waals surface area (Å²) in [5, 5.41) is 12.0. The highest BCUT2D eigenvalue weighted by Crippen LogP contribution is 2.41. The lowest BCUT2D eigenvalue weighted by Crippen LogP contribution is -2.19. The minimum atomic E-state index is -3.79. The van der Waals surface area contributed by atoms with Crippen molar-refractivity contribution >= 4 is 21.4 Å². The molecule has 4 rings (SSSR count). The summed E-state index contributed by atoms with van der Waals surface area (Å²) in [5.41, 5.74) is 3.47. The van der Waals surface area contributed by atoms with Crippen molar-refractivity contribution in [3.05, 3.63) is 77.9 Å². The number of sulfonamides is 1. The van der Waals surface area contributed by atoms with Gasteiger partial charge in [-0.15, -0.1) is 0 Å². The van der Waals surface area contributed by atoms with E-state index in [4.69, 9.17) is 24.5 Å². The van der Waals surface area contributed by atoms with Crippen molar-refractivity contribution in [1.82, 2.24) is 0 Å². The largest absolute Gasteiger partial charge is 0.497 e. The van der Waals surface area contributed by atoms with Gasteiger partial charge in [-0.3, -0.25) is 5.01 Å². The second kappa shape index (κ2) is 9.13. The van der Waals surface area contributed by atoms with Gasteiger partial charge in [-0.05, 0) is 72.3 Å². The summed E-state index contributed by atoms with van der Waals surface area (Å²) < 4.78 is 39.7. The van der Waals surface area contributed by atoms with Gasteiger partial charge in [0.25, 0.3) is 0 Å². The molecule has 9 heteroatoms. The van der Waals surface area contributed by atoms with E-state index >= 15 is 0 Å². The van der Waals surface area contributed by atoms with Crippen LogP contribution in [0.3, 0.4) is 0 Å². The molecule has 0 fully saturated rings. The fraction of sp³-hybridized carbons (Fsp3) is 0.208. The van der Waals surface area contributed by atoms with E-state index in [0.29, 0.717) is 17.9 Å². The van der Waals surface area contributed by atoms with E-state index in [1.165, 1.54) is 12.1 Å². The van der Waals surface area contributed by atoms with Gasteiger partial charge in [0.05, 0.1) is 43.7 Å². The molecule has 0 amide bonds. The third kappa shape index (κ3) is 4.64. The van der Waals surface area contributed by atoms with Crippen molar-refractivity contribution in [3.63, 3.8) is 0 Å². The maximum atomic E-state index is 11.7. The molecule has 1 heterocycles. The SMILES string of the molecule is COc1ccc(C2=NN(c3ccc(S(N)(=O)=O)cc3)C(c3cc(OC)ccc3OC)C2)cc1. The summed E-state index contributed by atoms with van der Waals surface area (Å²) in [6, 6.07) is 19.5. The predicted octanol–water partition coefficient (Wildman–Crippen LogP) is 3.72.